The van der Waals surface area contributed by atoms with Crippen molar-refractivity contribution in [2.45, 2.75) is 56.4 Å². The third-order valence-corrected chi connectivity index (χ3v) is 9.62. The second kappa shape index (κ2) is 11.9. The largest absolute Gasteiger partial charge is 0.496 e. The van der Waals surface area contributed by atoms with E-state index in [1.807, 2.05) is 41.3 Å². The Kier molecular flexibility index (Phi) is 8.65. The minimum absolute atomic E-state index is 0.0294. The number of likely N-dealkylation sites (tertiary alicyclic amines) is 3. The van der Waals surface area contributed by atoms with Crippen LogP contribution in [0.5, 0.6) is 5.75 Å². The predicted molar refractivity (Wildman–Crippen MR) is 151 cm³/mol. The van der Waals surface area contributed by atoms with Crippen molar-refractivity contribution < 1.29 is 9.53 Å². The quantitative estimate of drug-likeness (QED) is 0.421. The summed E-state index contributed by atoms with van der Waals surface area (Å²) in [5.41, 5.74) is 1.66. The maximum Gasteiger partial charge on any atom is 0.257 e. The van der Waals surface area contributed by atoms with Crippen LogP contribution >= 0.6 is 23.2 Å². The molecular weight excluding hydrogens is 505 g/mol. The highest BCUT2D eigenvalue weighted by molar-refractivity contribution is 6.42. The lowest BCUT2D eigenvalue weighted by Crippen LogP contribution is -2.47. The molecule has 3 aliphatic rings. The molecule has 2 aromatic rings. The monoisotopic (exact) mass is 543 g/mol. The summed E-state index contributed by atoms with van der Waals surface area (Å²) in [6.45, 7) is 7.29. The number of rotatable bonds is 7. The topological polar surface area (TPSA) is 36.0 Å². The van der Waals surface area contributed by atoms with Crippen LogP contribution in [0.3, 0.4) is 0 Å². The zero-order valence-electron chi connectivity index (χ0n) is 21.9. The molecule has 3 heterocycles. The Morgan fingerprint density at radius 3 is 2.46 bits per heavy atom. The van der Waals surface area contributed by atoms with Crippen LogP contribution in [0.2, 0.25) is 10.0 Å². The van der Waals surface area contributed by atoms with Gasteiger partial charge in [0.05, 0.1) is 22.7 Å². The molecule has 37 heavy (non-hydrogen) atoms. The second-order valence-electron chi connectivity index (χ2n) is 11.0. The third-order valence-electron chi connectivity index (χ3n) is 8.88. The summed E-state index contributed by atoms with van der Waals surface area (Å²) in [5, 5.41) is 1.15. The molecule has 200 valence electrons. The van der Waals surface area contributed by atoms with Gasteiger partial charge in [0.1, 0.15) is 5.75 Å². The zero-order chi connectivity index (χ0) is 25.8. The Hall–Kier alpha value is -1.79. The SMILES string of the molecule is COc1ccccc1C(=O)N1CCC(CCN2CCC(N3CCCCC3)CC2)(c2ccc(Cl)c(Cl)c2)C1. The summed E-state index contributed by atoms with van der Waals surface area (Å²) in [7, 11) is 1.62. The maximum atomic E-state index is 13.5. The number of halogens is 2. The number of methoxy groups -OCH3 is 1. The van der Waals surface area contributed by atoms with Crippen molar-refractivity contribution in [3.8, 4) is 5.75 Å². The number of carbonyl (C=O) groups excluding carboxylic acids is 1. The summed E-state index contributed by atoms with van der Waals surface area (Å²) in [5.74, 6) is 0.651. The molecular formula is C30H39Cl2N3O2. The van der Waals surface area contributed by atoms with Gasteiger partial charge in [-0.1, -0.05) is 47.8 Å². The normalized spacial score (nSPS) is 23.9. The Morgan fingerprint density at radius 1 is 0.973 bits per heavy atom. The molecule has 0 bridgehead atoms. The smallest absolute Gasteiger partial charge is 0.257 e. The van der Waals surface area contributed by atoms with Crippen LogP contribution in [0, 0.1) is 0 Å². The fourth-order valence-electron chi connectivity index (χ4n) is 6.61. The number of nitrogens with zero attached hydrogens (tertiary/aromatic N) is 3. The van der Waals surface area contributed by atoms with E-state index < -0.39 is 0 Å². The Morgan fingerprint density at radius 2 is 1.73 bits per heavy atom. The first-order chi connectivity index (χ1) is 18.0. The van der Waals surface area contributed by atoms with Crippen LogP contribution in [0.25, 0.3) is 0 Å². The fourth-order valence-corrected chi connectivity index (χ4v) is 6.91. The first kappa shape index (κ1) is 26.8. The Labute approximate surface area is 231 Å². The minimum Gasteiger partial charge on any atom is -0.496 e. The van der Waals surface area contributed by atoms with Crippen LogP contribution in [0.1, 0.15) is 60.9 Å². The second-order valence-corrected chi connectivity index (χ2v) is 11.8. The van der Waals surface area contributed by atoms with Gasteiger partial charge in [0.15, 0.2) is 0 Å². The van der Waals surface area contributed by atoms with Gasteiger partial charge >= 0.3 is 0 Å². The van der Waals surface area contributed by atoms with Gasteiger partial charge in [-0.2, -0.15) is 0 Å². The summed E-state index contributed by atoms with van der Waals surface area (Å²) in [6.07, 6.45) is 8.54. The van der Waals surface area contributed by atoms with Crippen molar-refractivity contribution >= 4 is 29.1 Å². The van der Waals surface area contributed by atoms with Gasteiger partial charge in [0.25, 0.3) is 5.91 Å². The van der Waals surface area contributed by atoms with Crippen LogP contribution in [0.15, 0.2) is 42.5 Å². The van der Waals surface area contributed by atoms with Gasteiger partial charge < -0.3 is 19.4 Å². The van der Waals surface area contributed by atoms with Crippen molar-refractivity contribution in [1.29, 1.82) is 0 Å². The van der Waals surface area contributed by atoms with Gasteiger partial charge in [-0.15, -0.1) is 0 Å². The molecule has 0 radical (unpaired) electrons. The molecule has 1 unspecified atom stereocenters. The molecule has 0 aliphatic carbocycles. The number of para-hydroxylation sites is 1. The summed E-state index contributed by atoms with van der Waals surface area (Å²) >= 11 is 12.8. The summed E-state index contributed by atoms with van der Waals surface area (Å²) in [6, 6.07) is 14.3. The first-order valence-corrected chi connectivity index (χ1v) is 14.6. The number of ether oxygens (including phenoxy) is 1. The van der Waals surface area contributed by atoms with Crippen LogP contribution in [-0.4, -0.2) is 79.6 Å². The molecule has 2 aromatic carbocycles. The number of amides is 1. The first-order valence-electron chi connectivity index (χ1n) is 13.8. The van der Waals surface area contributed by atoms with E-state index in [1.54, 1.807) is 7.11 Å². The van der Waals surface area contributed by atoms with E-state index in [9.17, 15) is 4.79 Å². The van der Waals surface area contributed by atoms with Crippen molar-refractivity contribution in [3.05, 3.63) is 63.6 Å². The molecule has 0 aromatic heterocycles. The number of hydrogen-bond donors (Lipinski definition) is 0. The lowest BCUT2D eigenvalue weighted by atomic mass is 9.76. The summed E-state index contributed by atoms with van der Waals surface area (Å²) in [4.78, 5) is 20.9. The third kappa shape index (κ3) is 5.95. The molecule has 7 heteroatoms. The molecule has 5 rings (SSSR count). The summed E-state index contributed by atoms with van der Waals surface area (Å²) < 4.78 is 5.48. The predicted octanol–water partition coefficient (Wildman–Crippen LogP) is 6.13. The average molecular weight is 545 g/mol. The molecule has 0 saturated carbocycles. The zero-order valence-corrected chi connectivity index (χ0v) is 23.4. The van der Waals surface area contributed by atoms with Crippen molar-refractivity contribution in [3.63, 3.8) is 0 Å². The molecule has 0 spiro atoms. The van der Waals surface area contributed by atoms with Crippen LogP contribution in [-0.2, 0) is 5.41 Å². The Balaban J connectivity index is 1.29. The number of carbonyl (C=O) groups is 1. The van der Waals surface area contributed by atoms with Crippen molar-refractivity contribution in [2.24, 2.45) is 0 Å². The maximum absolute atomic E-state index is 13.5. The van der Waals surface area contributed by atoms with E-state index in [-0.39, 0.29) is 11.3 Å². The number of hydrogen-bond acceptors (Lipinski definition) is 4. The standard InChI is InChI=1S/C30H39Cl2N3O2/c1-37-28-8-4-3-7-25(28)29(36)35-20-14-30(22-35,23-9-10-26(31)27(32)21-23)13-19-33-17-11-24(12-18-33)34-15-5-2-6-16-34/h3-4,7-10,21,24H,2,5-6,11-20,22H2,1H3. The number of benzene rings is 2. The highest BCUT2D eigenvalue weighted by atomic mass is 35.5. The van der Waals surface area contributed by atoms with E-state index in [0.29, 0.717) is 34.4 Å². The lowest BCUT2D eigenvalue weighted by Gasteiger charge is -2.41. The average Bonchev–Trinajstić information content (AvgIpc) is 3.39. The van der Waals surface area contributed by atoms with Crippen LogP contribution < -0.4 is 4.74 Å². The highest BCUT2D eigenvalue weighted by Gasteiger charge is 2.42. The molecule has 3 saturated heterocycles. The van der Waals surface area contributed by atoms with Gasteiger partial charge in [-0.25, -0.2) is 0 Å². The lowest BCUT2D eigenvalue weighted by molar-refractivity contribution is 0.0768. The van der Waals surface area contributed by atoms with E-state index in [1.165, 1.54) is 50.8 Å². The molecule has 5 nitrogen and oxygen atoms in total. The van der Waals surface area contributed by atoms with E-state index in [2.05, 4.69) is 15.9 Å². The van der Waals surface area contributed by atoms with Crippen molar-refractivity contribution in [2.75, 3.05) is 52.9 Å². The number of piperidine rings is 2. The van der Waals surface area contributed by atoms with E-state index >= 15 is 0 Å². The molecule has 0 N–H and O–H groups in total. The molecule has 3 aliphatic heterocycles. The van der Waals surface area contributed by atoms with Gasteiger partial charge in [-0.05, 0) is 101 Å². The molecule has 1 atom stereocenters. The van der Waals surface area contributed by atoms with Gasteiger partial charge in [0, 0.05) is 24.5 Å². The van der Waals surface area contributed by atoms with E-state index in [0.717, 1.165) is 38.5 Å². The highest BCUT2D eigenvalue weighted by Crippen LogP contribution is 2.41. The van der Waals surface area contributed by atoms with Crippen molar-refractivity contribution in [1.82, 2.24) is 14.7 Å². The van der Waals surface area contributed by atoms with Gasteiger partial charge in [-0.3, -0.25) is 4.79 Å². The van der Waals surface area contributed by atoms with E-state index in [4.69, 9.17) is 27.9 Å². The Bertz CT molecular complexity index is 1080. The minimum atomic E-state index is -0.143. The fraction of sp³-hybridized carbons (Fsp3) is 0.567. The van der Waals surface area contributed by atoms with Crippen LogP contribution in [0.4, 0.5) is 0 Å². The molecule has 3 fully saturated rings. The molecule has 1 amide bonds. The van der Waals surface area contributed by atoms with Gasteiger partial charge in [0.2, 0.25) is 0 Å².